The lowest BCUT2D eigenvalue weighted by molar-refractivity contribution is -0.132. The number of carbonyl (C=O) groups excluding carboxylic acids is 3. The Morgan fingerprint density at radius 3 is 2.47 bits per heavy atom. The number of ether oxygens (including phenoxy) is 2. The van der Waals surface area contributed by atoms with Crippen molar-refractivity contribution in [2.75, 3.05) is 18.1 Å². The standard InChI is InChI=1S/C28H27ClN2O6S/c1-5-13-37-20-12-9-18(14-15(20)3)23(32)21-22(17-7-10-19(29)11-8-17)31(26(34)24(21)33)28-30-16(4)25(38-28)27(35)36-6-2/h7-12,14,22,32H,5-6,13H2,1-4H3/b23-21-. The number of benzene rings is 2. The molecule has 0 radical (unpaired) electrons. The fraction of sp³-hybridized carbons (Fsp3) is 0.286. The summed E-state index contributed by atoms with van der Waals surface area (Å²) in [6, 6.07) is 10.7. The highest BCUT2D eigenvalue weighted by molar-refractivity contribution is 7.17. The van der Waals surface area contributed by atoms with Gasteiger partial charge in [-0.15, -0.1) is 0 Å². The van der Waals surface area contributed by atoms with E-state index in [1.807, 2.05) is 13.8 Å². The monoisotopic (exact) mass is 554 g/mol. The second-order valence-electron chi connectivity index (χ2n) is 8.68. The quantitative estimate of drug-likeness (QED) is 0.157. The molecule has 1 amide bonds. The second kappa shape index (κ2) is 11.4. The van der Waals surface area contributed by atoms with Crippen molar-refractivity contribution in [3.63, 3.8) is 0 Å². The number of hydrogen-bond donors (Lipinski definition) is 1. The van der Waals surface area contributed by atoms with E-state index in [2.05, 4.69) is 4.98 Å². The van der Waals surface area contributed by atoms with Crippen LogP contribution in [0.3, 0.4) is 0 Å². The van der Waals surface area contributed by atoms with Gasteiger partial charge in [0, 0.05) is 10.6 Å². The van der Waals surface area contributed by atoms with Gasteiger partial charge in [0.2, 0.25) is 0 Å². The molecule has 0 aliphatic carbocycles. The molecule has 198 valence electrons. The number of aliphatic hydroxyl groups is 1. The summed E-state index contributed by atoms with van der Waals surface area (Å²) in [5.74, 6) is -1.95. The molecule has 0 saturated carbocycles. The smallest absolute Gasteiger partial charge is 0.350 e. The van der Waals surface area contributed by atoms with Gasteiger partial charge in [0.05, 0.1) is 30.5 Å². The van der Waals surface area contributed by atoms with Crippen molar-refractivity contribution in [2.45, 2.75) is 40.2 Å². The molecule has 8 nitrogen and oxygen atoms in total. The van der Waals surface area contributed by atoms with E-state index in [-0.39, 0.29) is 27.9 Å². The van der Waals surface area contributed by atoms with Crippen molar-refractivity contribution in [1.82, 2.24) is 4.98 Å². The minimum atomic E-state index is -0.996. The van der Waals surface area contributed by atoms with Crippen LogP contribution in [0.15, 0.2) is 48.0 Å². The van der Waals surface area contributed by atoms with Gasteiger partial charge in [0.1, 0.15) is 16.4 Å². The molecule has 1 unspecified atom stereocenters. The van der Waals surface area contributed by atoms with Crippen LogP contribution in [-0.2, 0) is 14.3 Å². The fourth-order valence-corrected chi connectivity index (χ4v) is 5.30. The van der Waals surface area contributed by atoms with Gasteiger partial charge in [-0.05, 0) is 68.7 Å². The highest BCUT2D eigenvalue weighted by atomic mass is 35.5. The molecule has 2 aromatic carbocycles. The molecule has 4 rings (SSSR count). The number of ketones is 1. The zero-order valence-electron chi connectivity index (χ0n) is 21.4. The highest BCUT2D eigenvalue weighted by Crippen LogP contribution is 2.44. The SMILES string of the molecule is CCCOc1ccc(/C(O)=C2/C(=O)C(=O)N(c3nc(C)c(C(=O)OCC)s3)C2c2ccc(Cl)cc2)cc1C. The largest absolute Gasteiger partial charge is 0.507 e. The second-order valence-corrected chi connectivity index (χ2v) is 10.1. The van der Waals surface area contributed by atoms with Crippen LogP contribution in [0.5, 0.6) is 5.75 Å². The summed E-state index contributed by atoms with van der Waals surface area (Å²) in [5.41, 5.74) is 1.96. The number of halogens is 1. The number of aliphatic hydroxyl groups excluding tert-OH is 1. The third-order valence-corrected chi connectivity index (χ3v) is 7.38. The van der Waals surface area contributed by atoms with Crippen molar-refractivity contribution in [3.8, 4) is 5.75 Å². The summed E-state index contributed by atoms with van der Waals surface area (Å²) in [4.78, 5) is 45.1. The Balaban J connectivity index is 1.86. The summed E-state index contributed by atoms with van der Waals surface area (Å²) in [6.45, 7) is 7.90. The number of hydrogen-bond acceptors (Lipinski definition) is 8. The van der Waals surface area contributed by atoms with E-state index >= 15 is 0 Å². The van der Waals surface area contributed by atoms with E-state index in [4.69, 9.17) is 21.1 Å². The predicted octanol–water partition coefficient (Wildman–Crippen LogP) is 6.01. The van der Waals surface area contributed by atoms with Crippen molar-refractivity contribution < 1.29 is 29.0 Å². The average Bonchev–Trinajstić information content (AvgIpc) is 3.40. The lowest BCUT2D eigenvalue weighted by Gasteiger charge is -2.23. The van der Waals surface area contributed by atoms with Gasteiger partial charge in [-0.25, -0.2) is 9.78 Å². The number of Topliss-reactive ketones (excluding diaryl/α,β-unsaturated/α-hetero) is 1. The molecule has 1 fully saturated rings. The van der Waals surface area contributed by atoms with Crippen LogP contribution in [0.1, 0.15) is 58.4 Å². The zero-order valence-corrected chi connectivity index (χ0v) is 23.0. The molecule has 2 heterocycles. The van der Waals surface area contributed by atoms with E-state index in [1.165, 1.54) is 4.90 Å². The molecule has 1 atom stereocenters. The molecule has 38 heavy (non-hydrogen) atoms. The van der Waals surface area contributed by atoms with E-state index in [0.717, 1.165) is 23.3 Å². The third-order valence-electron chi connectivity index (χ3n) is 5.99. The Bertz CT molecular complexity index is 1430. The number of esters is 1. The third kappa shape index (κ3) is 5.16. The fourth-order valence-electron chi connectivity index (χ4n) is 4.19. The van der Waals surface area contributed by atoms with Gasteiger partial charge in [0.25, 0.3) is 5.78 Å². The van der Waals surface area contributed by atoms with Crippen LogP contribution >= 0.6 is 22.9 Å². The zero-order chi connectivity index (χ0) is 27.6. The van der Waals surface area contributed by atoms with Crippen LogP contribution in [0, 0.1) is 13.8 Å². The summed E-state index contributed by atoms with van der Waals surface area (Å²) >= 11 is 7.05. The Kier molecular flexibility index (Phi) is 8.18. The van der Waals surface area contributed by atoms with Crippen molar-refractivity contribution in [3.05, 3.63) is 80.3 Å². The summed E-state index contributed by atoms with van der Waals surface area (Å²) in [5, 5.41) is 12.0. The van der Waals surface area contributed by atoms with Crippen LogP contribution in [0.4, 0.5) is 5.13 Å². The lowest BCUT2D eigenvalue weighted by Crippen LogP contribution is -2.29. The maximum absolute atomic E-state index is 13.4. The first-order chi connectivity index (χ1) is 18.2. The van der Waals surface area contributed by atoms with Crippen LogP contribution < -0.4 is 9.64 Å². The first-order valence-electron chi connectivity index (χ1n) is 12.1. The minimum absolute atomic E-state index is 0.0931. The van der Waals surface area contributed by atoms with Gasteiger partial charge in [0.15, 0.2) is 5.13 Å². The molecule has 1 N–H and O–H groups in total. The van der Waals surface area contributed by atoms with Crippen molar-refractivity contribution in [2.24, 2.45) is 0 Å². The summed E-state index contributed by atoms with van der Waals surface area (Å²) < 4.78 is 10.8. The Labute approximate surface area is 229 Å². The number of anilines is 1. The predicted molar refractivity (Wildman–Crippen MR) is 146 cm³/mol. The van der Waals surface area contributed by atoms with Crippen molar-refractivity contribution >= 4 is 51.5 Å². The van der Waals surface area contributed by atoms with Crippen molar-refractivity contribution in [1.29, 1.82) is 0 Å². The minimum Gasteiger partial charge on any atom is -0.507 e. The number of amides is 1. The highest BCUT2D eigenvalue weighted by Gasteiger charge is 2.48. The molecule has 10 heteroatoms. The molecule has 1 aliphatic heterocycles. The van der Waals surface area contributed by atoms with E-state index in [9.17, 15) is 19.5 Å². The maximum Gasteiger partial charge on any atom is 0.350 e. The molecule has 3 aromatic rings. The van der Waals surface area contributed by atoms with Crippen LogP contribution in [0.2, 0.25) is 5.02 Å². The van der Waals surface area contributed by atoms with Gasteiger partial charge < -0.3 is 14.6 Å². The molecular weight excluding hydrogens is 528 g/mol. The number of carbonyl (C=O) groups is 3. The molecule has 1 aromatic heterocycles. The molecule has 0 bridgehead atoms. The van der Waals surface area contributed by atoms with E-state index in [1.54, 1.807) is 56.3 Å². The first kappa shape index (κ1) is 27.3. The maximum atomic E-state index is 13.4. The Hall–Kier alpha value is -3.69. The molecular formula is C28H27ClN2O6S. The average molecular weight is 555 g/mol. The molecule has 1 aliphatic rings. The van der Waals surface area contributed by atoms with Crippen LogP contribution in [-0.4, -0.2) is 41.0 Å². The van der Waals surface area contributed by atoms with E-state index < -0.39 is 23.7 Å². The van der Waals surface area contributed by atoms with Gasteiger partial charge >= 0.3 is 11.9 Å². The lowest BCUT2D eigenvalue weighted by atomic mass is 9.95. The Morgan fingerprint density at radius 1 is 1.13 bits per heavy atom. The molecule has 0 spiro atoms. The van der Waals surface area contributed by atoms with Crippen LogP contribution in [0.25, 0.3) is 5.76 Å². The van der Waals surface area contributed by atoms with Gasteiger partial charge in [-0.2, -0.15) is 0 Å². The summed E-state index contributed by atoms with van der Waals surface area (Å²) in [7, 11) is 0. The number of aromatic nitrogens is 1. The first-order valence-corrected chi connectivity index (χ1v) is 13.3. The van der Waals surface area contributed by atoms with Gasteiger partial charge in [-0.3, -0.25) is 14.5 Å². The van der Waals surface area contributed by atoms with E-state index in [0.29, 0.717) is 34.2 Å². The number of thiazole rings is 1. The number of aryl methyl sites for hydroxylation is 2. The number of nitrogens with zero attached hydrogens (tertiary/aromatic N) is 2. The van der Waals surface area contributed by atoms with Gasteiger partial charge in [-0.1, -0.05) is 42.0 Å². The number of rotatable bonds is 8. The topological polar surface area (TPSA) is 106 Å². The normalized spacial score (nSPS) is 16.7. The Morgan fingerprint density at radius 2 is 1.84 bits per heavy atom. The summed E-state index contributed by atoms with van der Waals surface area (Å²) in [6.07, 6.45) is 0.847. The molecule has 1 saturated heterocycles.